The molecule has 0 saturated carbocycles. The Morgan fingerprint density at radius 3 is 2.87 bits per heavy atom. The Labute approximate surface area is 87.5 Å². The zero-order valence-electron chi connectivity index (χ0n) is 8.34. The van der Waals surface area contributed by atoms with Crippen molar-refractivity contribution in [2.75, 3.05) is 7.11 Å². The molecule has 0 N–H and O–H groups in total. The number of esters is 1. The van der Waals surface area contributed by atoms with Crippen molar-refractivity contribution in [3.8, 4) is 0 Å². The Morgan fingerprint density at radius 1 is 1.47 bits per heavy atom. The standard InChI is InChI=1S/C11H11NO3/c1-14-11(13)10-7-9(12-15-10)8-5-3-2-4-6-8/h2-6,10H,7H2,1H3/t10-/m1/s1. The molecule has 0 unspecified atom stereocenters. The van der Waals surface area contributed by atoms with Crippen LogP contribution in [0.15, 0.2) is 35.5 Å². The molecular weight excluding hydrogens is 194 g/mol. The minimum atomic E-state index is -0.592. The fourth-order valence-corrected chi connectivity index (χ4v) is 1.44. The highest BCUT2D eigenvalue weighted by Gasteiger charge is 2.29. The monoisotopic (exact) mass is 205 g/mol. The maximum Gasteiger partial charge on any atom is 0.350 e. The second-order valence-electron chi connectivity index (χ2n) is 3.23. The van der Waals surface area contributed by atoms with Gasteiger partial charge < -0.3 is 9.57 Å². The van der Waals surface area contributed by atoms with Crippen molar-refractivity contribution in [2.24, 2.45) is 5.16 Å². The van der Waals surface area contributed by atoms with E-state index in [2.05, 4.69) is 9.89 Å². The van der Waals surface area contributed by atoms with Gasteiger partial charge in [-0.3, -0.25) is 0 Å². The van der Waals surface area contributed by atoms with Gasteiger partial charge in [0, 0.05) is 6.42 Å². The number of oxime groups is 1. The molecule has 15 heavy (non-hydrogen) atoms. The molecule has 2 rings (SSSR count). The van der Waals surface area contributed by atoms with Crippen molar-refractivity contribution in [3.63, 3.8) is 0 Å². The molecule has 1 aromatic rings. The van der Waals surface area contributed by atoms with E-state index >= 15 is 0 Å². The van der Waals surface area contributed by atoms with Crippen LogP contribution in [0.4, 0.5) is 0 Å². The van der Waals surface area contributed by atoms with Crippen molar-refractivity contribution in [1.29, 1.82) is 0 Å². The molecule has 4 nitrogen and oxygen atoms in total. The summed E-state index contributed by atoms with van der Waals surface area (Å²) in [6.07, 6.45) is -0.123. The van der Waals surface area contributed by atoms with E-state index in [0.29, 0.717) is 6.42 Å². The average molecular weight is 205 g/mol. The van der Waals surface area contributed by atoms with E-state index in [1.807, 2.05) is 30.3 Å². The molecule has 0 bridgehead atoms. The minimum Gasteiger partial charge on any atom is -0.466 e. The van der Waals surface area contributed by atoms with Crippen LogP contribution in [0.1, 0.15) is 12.0 Å². The SMILES string of the molecule is COC(=O)[C@H]1CC(c2ccccc2)=NO1. The van der Waals surface area contributed by atoms with E-state index in [0.717, 1.165) is 11.3 Å². The van der Waals surface area contributed by atoms with Crippen molar-refractivity contribution < 1.29 is 14.4 Å². The highest BCUT2D eigenvalue weighted by atomic mass is 16.7. The first-order valence-corrected chi connectivity index (χ1v) is 4.67. The third-order valence-electron chi connectivity index (χ3n) is 2.24. The molecule has 1 aromatic carbocycles. The lowest BCUT2D eigenvalue weighted by atomic mass is 10.1. The quantitative estimate of drug-likeness (QED) is 0.685. The number of carbonyl (C=O) groups is 1. The fraction of sp³-hybridized carbons (Fsp3) is 0.273. The lowest BCUT2D eigenvalue weighted by Gasteiger charge is -2.03. The van der Waals surface area contributed by atoms with E-state index in [4.69, 9.17) is 4.84 Å². The highest BCUT2D eigenvalue weighted by Crippen LogP contribution is 2.17. The summed E-state index contributed by atoms with van der Waals surface area (Å²) in [6.45, 7) is 0. The zero-order valence-corrected chi connectivity index (χ0v) is 8.34. The van der Waals surface area contributed by atoms with Gasteiger partial charge in [0.25, 0.3) is 0 Å². The van der Waals surface area contributed by atoms with Crippen LogP contribution >= 0.6 is 0 Å². The van der Waals surface area contributed by atoms with Crippen LogP contribution in [0.2, 0.25) is 0 Å². The second kappa shape index (κ2) is 4.13. The summed E-state index contributed by atoms with van der Waals surface area (Å²) >= 11 is 0. The lowest BCUT2D eigenvalue weighted by molar-refractivity contribution is -0.152. The van der Waals surface area contributed by atoms with Crippen LogP contribution in [-0.2, 0) is 14.4 Å². The number of methoxy groups -OCH3 is 1. The molecule has 1 aliphatic heterocycles. The summed E-state index contributed by atoms with van der Waals surface area (Å²) in [5.41, 5.74) is 1.76. The second-order valence-corrected chi connectivity index (χ2v) is 3.23. The van der Waals surface area contributed by atoms with E-state index in [9.17, 15) is 4.79 Å². The molecule has 0 aromatic heterocycles. The minimum absolute atomic E-state index is 0.385. The molecule has 1 heterocycles. The van der Waals surface area contributed by atoms with E-state index < -0.39 is 6.10 Å². The number of hydrogen-bond acceptors (Lipinski definition) is 4. The molecule has 0 amide bonds. The largest absolute Gasteiger partial charge is 0.466 e. The first-order chi connectivity index (χ1) is 7.31. The Kier molecular flexibility index (Phi) is 2.67. The van der Waals surface area contributed by atoms with Crippen LogP contribution in [0.3, 0.4) is 0 Å². The average Bonchev–Trinajstić information content (AvgIpc) is 2.78. The first kappa shape index (κ1) is 9.71. The van der Waals surface area contributed by atoms with E-state index in [1.165, 1.54) is 7.11 Å². The highest BCUT2D eigenvalue weighted by molar-refractivity contribution is 6.03. The van der Waals surface area contributed by atoms with Gasteiger partial charge in [0.2, 0.25) is 6.10 Å². The summed E-state index contributed by atoms with van der Waals surface area (Å²) in [7, 11) is 1.34. The molecule has 0 fully saturated rings. The Morgan fingerprint density at radius 2 is 2.20 bits per heavy atom. The third-order valence-corrected chi connectivity index (χ3v) is 2.24. The summed E-state index contributed by atoms with van der Waals surface area (Å²) in [5, 5.41) is 3.87. The summed E-state index contributed by atoms with van der Waals surface area (Å²) in [4.78, 5) is 16.2. The number of rotatable bonds is 2. The van der Waals surface area contributed by atoms with Gasteiger partial charge in [-0.25, -0.2) is 4.79 Å². The summed E-state index contributed by atoms with van der Waals surface area (Å²) in [6, 6.07) is 9.63. The number of hydrogen-bond donors (Lipinski definition) is 0. The van der Waals surface area contributed by atoms with Crippen LogP contribution in [-0.4, -0.2) is 24.9 Å². The molecule has 1 aliphatic rings. The topological polar surface area (TPSA) is 47.9 Å². The predicted octanol–water partition coefficient (Wildman–Crippen LogP) is 1.35. The molecule has 0 aliphatic carbocycles. The molecule has 0 radical (unpaired) electrons. The van der Waals surface area contributed by atoms with Crippen LogP contribution < -0.4 is 0 Å². The molecule has 0 spiro atoms. The maximum atomic E-state index is 11.2. The van der Waals surface area contributed by atoms with Crippen molar-refractivity contribution in [3.05, 3.63) is 35.9 Å². The summed E-state index contributed by atoms with van der Waals surface area (Å²) < 4.78 is 4.58. The van der Waals surface area contributed by atoms with Crippen LogP contribution in [0.5, 0.6) is 0 Å². The zero-order chi connectivity index (χ0) is 10.7. The number of carbonyl (C=O) groups excluding carboxylic acids is 1. The van der Waals surface area contributed by atoms with Crippen LogP contribution in [0, 0.1) is 0 Å². The number of ether oxygens (including phenoxy) is 1. The Bertz CT molecular complexity index is 386. The summed E-state index contributed by atoms with van der Waals surface area (Å²) in [5.74, 6) is -0.385. The molecule has 4 heteroatoms. The van der Waals surface area contributed by atoms with Crippen molar-refractivity contribution >= 4 is 11.7 Å². The van der Waals surface area contributed by atoms with Gasteiger partial charge in [0.1, 0.15) is 0 Å². The molecule has 0 saturated heterocycles. The smallest absolute Gasteiger partial charge is 0.350 e. The lowest BCUT2D eigenvalue weighted by Crippen LogP contribution is -2.22. The van der Waals surface area contributed by atoms with E-state index in [1.54, 1.807) is 0 Å². The Hall–Kier alpha value is -1.84. The maximum absolute atomic E-state index is 11.2. The Balaban J connectivity index is 2.07. The van der Waals surface area contributed by atoms with Crippen LogP contribution in [0.25, 0.3) is 0 Å². The van der Waals surface area contributed by atoms with Crippen molar-refractivity contribution in [1.82, 2.24) is 0 Å². The fourth-order valence-electron chi connectivity index (χ4n) is 1.44. The molecule has 1 atom stereocenters. The van der Waals surface area contributed by atoms with Gasteiger partial charge in [-0.05, 0) is 5.56 Å². The number of benzene rings is 1. The third kappa shape index (κ3) is 1.98. The number of nitrogens with zero attached hydrogens (tertiary/aromatic N) is 1. The normalized spacial score (nSPS) is 19.3. The molecule has 78 valence electrons. The van der Waals surface area contributed by atoms with Gasteiger partial charge in [-0.1, -0.05) is 35.5 Å². The van der Waals surface area contributed by atoms with Gasteiger partial charge in [-0.15, -0.1) is 0 Å². The van der Waals surface area contributed by atoms with Gasteiger partial charge in [0.05, 0.1) is 12.8 Å². The van der Waals surface area contributed by atoms with Gasteiger partial charge in [-0.2, -0.15) is 0 Å². The predicted molar refractivity (Wildman–Crippen MR) is 54.5 cm³/mol. The van der Waals surface area contributed by atoms with Gasteiger partial charge >= 0.3 is 5.97 Å². The van der Waals surface area contributed by atoms with Gasteiger partial charge in [0.15, 0.2) is 0 Å². The first-order valence-electron chi connectivity index (χ1n) is 4.67. The molecular formula is C11H11NO3. The van der Waals surface area contributed by atoms with E-state index in [-0.39, 0.29) is 5.97 Å². The van der Waals surface area contributed by atoms with Crippen molar-refractivity contribution in [2.45, 2.75) is 12.5 Å².